The third-order valence-corrected chi connectivity index (χ3v) is 5.06. The van der Waals surface area contributed by atoms with Gasteiger partial charge in [0.25, 0.3) is 0 Å². The Morgan fingerprint density at radius 3 is 2.76 bits per heavy atom. The fraction of sp³-hybridized carbons (Fsp3) is 0.190. The monoisotopic (exact) mass is 392 g/mol. The summed E-state index contributed by atoms with van der Waals surface area (Å²) in [4.78, 5) is 40.8. The van der Waals surface area contributed by atoms with Crippen LogP contribution in [-0.2, 0) is 19.7 Å². The van der Waals surface area contributed by atoms with Crippen molar-refractivity contribution in [3.63, 3.8) is 0 Å². The second kappa shape index (κ2) is 6.27. The van der Waals surface area contributed by atoms with Crippen LogP contribution in [0.5, 0.6) is 5.75 Å². The summed E-state index contributed by atoms with van der Waals surface area (Å²) in [5.41, 5.74) is 3.75. The molecule has 0 saturated heterocycles. The first kappa shape index (κ1) is 18.4. The van der Waals surface area contributed by atoms with Gasteiger partial charge in [-0.2, -0.15) is 0 Å². The zero-order chi connectivity index (χ0) is 20.9. The molecule has 2 aliphatic rings. The number of hydrogen-bond donors (Lipinski definition) is 1. The minimum atomic E-state index is -1.90. The molecule has 2 aliphatic heterocycles. The zero-order valence-corrected chi connectivity index (χ0v) is 15.6. The van der Waals surface area contributed by atoms with Crippen LogP contribution in [0.4, 0.5) is 5.69 Å². The summed E-state index contributed by atoms with van der Waals surface area (Å²) in [6.07, 6.45) is 5.46. The number of carbonyl (C=O) groups is 2. The zero-order valence-electron chi connectivity index (χ0n) is 15.6. The summed E-state index contributed by atoms with van der Waals surface area (Å²) in [5, 5.41) is 0. The summed E-state index contributed by atoms with van der Waals surface area (Å²) < 4.78 is 15.7. The molecule has 2 N–H and O–H groups in total. The first-order valence-corrected chi connectivity index (χ1v) is 8.64. The molecule has 0 aliphatic carbocycles. The Balaban J connectivity index is 2.20. The molecule has 4 rings (SSSR count). The minimum Gasteiger partial charge on any atom is -0.465 e. The number of aryl methyl sites for hydroxylation is 1. The maximum Gasteiger partial charge on any atom is 0.344 e. The molecular formula is C21H16N2O6. The maximum absolute atomic E-state index is 13.8. The highest BCUT2D eigenvalue weighted by Gasteiger charge is 2.62. The van der Waals surface area contributed by atoms with Crippen molar-refractivity contribution < 1.29 is 23.5 Å². The van der Waals surface area contributed by atoms with Crippen LogP contribution in [0, 0.1) is 19.3 Å². The Morgan fingerprint density at radius 2 is 2.07 bits per heavy atom. The van der Waals surface area contributed by atoms with Crippen molar-refractivity contribution in [2.75, 3.05) is 18.6 Å². The Bertz CT molecular complexity index is 1200. The average molecular weight is 392 g/mol. The van der Waals surface area contributed by atoms with Crippen molar-refractivity contribution in [2.24, 2.45) is 5.73 Å². The van der Waals surface area contributed by atoms with Crippen LogP contribution < -0.4 is 21.0 Å². The number of para-hydroxylation sites is 1. The van der Waals surface area contributed by atoms with E-state index in [-0.39, 0.29) is 35.1 Å². The Hall–Kier alpha value is -3.99. The molecule has 1 atom stereocenters. The summed E-state index contributed by atoms with van der Waals surface area (Å²) in [6, 6.07) is 8.16. The summed E-state index contributed by atoms with van der Waals surface area (Å²) >= 11 is 0. The number of rotatable bonds is 2. The van der Waals surface area contributed by atoms with Crippen LogP contribution >= 0.6 is 0 Å². The Labute approximate surface area is 165 Å². The first-order chi connectivity index (χ1) is 13.9. The van der Waals surface area contributed by atoms with E-state index >= 15 is 0 Å². The molecule has 1 aromatic carbocycles. The number of amides is 1. The van der Waals surface area contributed by atoms with Crippen molar-refractivity contribution in [3.05, 3.63) is 69.1 Å². The number of anilines is 1. The van der Waals surface area contributed by atoms with Gasteiger partial charge in [-0.25, -0.2) is 9.59 Å². The van der Waals surface area contributed by atoms with Crippen molar-refractivity contribution in [1.29, 1.82) is 0 Å². The van der Waals surface area contributed by atoms with Gasteiger partial charge in [-0.3, -0.25) is 9.69 Å². The number of hydrogen-bond acceptors (Lipinski definition) is 7. The SMILES string of the molecule is C#CCN1C(=O)C2(C(C(=O)OC)=C(N)Oc3cc(C)oc(=O)c32)c2ccccc21. The van der Waals surface area contributed by atoms with Gasteiger partial charge in [-0.15, -0.1) is 6.42 Å². The van der Waals surface area contributed by atoms with Crippen molar-refractivity contribution in [2.45, 2.75) is 12.3 Å². The van der Waals surface area contributed by atoms with Gasteiger partial charge in [0.05, 0.1) is 13.7 Å². The van der Waals surface area contributed by atoms with E-state index in [1.165, 1.54) is 11.0 Å². The molecule has 146 valence electrons. The van der Waals surface area contributed by atoms with Crippen LogP contribution in [0.25, 0.3) is 0 Å². The number of methoxy groups -OCH3 is 1. The molecule has 3 heterocycles. The molecule has 0 saturated carbocycles. The Kier molecular flexibility index (Phi) is 3.98. The van der Waals surface area contributed by atoms with Crippen molar-refractivity contribution in [1.82, 2.24) is 0 Å². The van der Waals surface area contributed by atoms with Crippen LogP contribution in [0.2, 0.25) is 0 Å². The minimum absolute atomic E-state index is 0.0367. The van der Waals surface area contributed by atoms with E-state index in [1.54, 1.807) is 31.2 Å². The van der Waals surface area contributed by atoms with Gasteiger partial charge in [0.15, 0.2) is 0 Å². The molecule has 0 radical (unpaired) electrons. The van der Waals surface area contributed by atoms with E-state index < -0.39 is 22.9 Å². The molecule has 1 amide bonds. The van der Waals surface area contributed by atoms with Gasteiger partial charge in [0.1, 0.15) is 28.1 Å². The van der Waals surface area contributed by atoms with Crippen LogP contribution in [0.15, 0.2) is 51.0 Å². The number of ether oxygens (including phenoxy) is 2. The van der Waals surface area contributed by atoms with Gasteiger partial charge in [-0.05, 0) is 13.0 Å². The highest BCUT2D eigenvalue weighted by molar-refractivity contribution is 6.18. The largest absolute Gasteiger partial charge is 0.465 e. The predicted molar refractivity (Wildman–Crippen MR) is 102 cm³/mol. The lowest BCUT2D eigenvalue weighted by atomic mass is 9.69. The molecule has 8 heteroatoms. The molecule has 0 bridgehead atoms. The van der Waals surface area contributed by atoms with Crippen LogP contribution in [0.1, 0.15) is 16.9 Å². The van der Waals surface area contributed by atoms with E-state index in [4.69, 9.17) is 26.0 Å². The first-order valence-electron chi connectivity index (χ1n) is 8.64. The Morgan fingerprint density at radius 1 is 1.34 bits per heavy atom. The molecule has 1 aromatic heterocycles. The van der Waals surface area contributed by atoms with E-state index in [0.717, 1.165) is 7.11 Å². The molecule has 29 heavy (non-hydrogen) atoms. The molecule has 8 nitrogen and oxygen atoms in total. The van der Waals surface area contributed by atoms with Gasteiger partial charge >= 0.3 is 11.6 Å². The molecule has 1 unspecified atom stereocenters. The lowest BCUT2D eigenvalue weighted by molar-refractivity contribution is -0.138. The number of benzene rings is 1. The van der Waals surface area contributed by atoms with E-state index in [1.807, 2.05) is 0 Å². The quantitative estimate of drug-likeness (QED) is 0.598. The topological polar surface area (TPSA) is 112 Å². The smallest absolute Gasteiger partial charge is 0.344 e. The average Bonchev–Trinajstić information content (AvgIpc) is 2.91. The fourth-order valence-electron chi connectivity index (χ4n) is 4.02. The third kappa shape index (κ3) is 2.24. The molecular weight excluding hydrogens is 376 g/mol. The lowest BCUT2D eigenvalue weighted by Gasteiger charge is -2.34. The van der Waals surface area contributed by atoms with E-state index in [2.05, 4.69) is 5.92 Å². The summed E-state index contributed by atoms with van der Waals surface area (Å²) in [6.45, 7) is 1.49. The third-order valence-electron chi connectivity index (χ3n) is 5.06. The fourth-order valence-corrected chi connectivity index (χ4v) is 4.02. The van der Waals surface area contributed by atoms with Crippen LogP contribution in [0.3, 0.4) is 0 Å². The second-order valence-electron chi connectivity index (χ2n) is 6.58. The van der Waals surface area contributed by atoms with Gasteiger partial charge in [-0.1, -0.05) is 24.1 Å². The van der Waals surface area contributed by atoms with E-state index in [0.29, 0.717) is 11.3 Å². The highest BCUT2D eigenvalue weighted by Crippen LogP contribution is 2.54. The summed E-state index contributed by atoms with van der Waals surface area (Å²) in [7, 11) is 1.15. The molecule has 2 aromatic rings. The highest BCUT2D eigenvalue weighted by atomic mass is 16.5. The van der Waals surface area contributed by atoms with Gasteiger partial charge in [0.2, 0.25) is 11.8 Å². The number of fused-ring (bicyclic) bond motifs is 4. The number of esters is 1. The number of nitrogens with two attached hydrogens (primary N) is 1. The maximum atomic E-state index is 13.8. The van der Waals surface area contributed by atoms with Gasteiger partial charge in [0, 0.05) is 17.3 Å². The normalized spacial score (nSPS) is 19.5. The van der Waals surface area contributed by atoms with Gasteiger partial charge < -0.3 is 19.6 Å². The molecule has 1 spiro atoms. The number of carbonyl (C=O) groups excluding carboxylic acids is 2. The number of terminal acetylenes is 1. The predicted octanol–water partition coefficient (Wildman–Crippen LogP) is 0.950. The van der Waals surface area contributed by atoms with E-state index in [9.17, 15) is 14.4 Å². The lowest BCUT2D eigenvalue weighted by Crippen LogP contribution is -2.50. The molecule has 0 fully saturated rings. The second-order valence-corrected chi connectivity index (χ2v) is 6.58. The standard InChI is InChI=1S/C21H16N2O6/c1-4-9-23-13-8-6-5-7-12(13)21(20(23)26)15-14(10-11(2)28-19(15)25)29-17(22)16(21)18(24)27-3/h1,5-8,10H,9,22H2,2-3H3. The van der Waals surface area contributed by atoms with Crippen molar-refractivity contribution in [3.8, 4) is 18.1 Å². The summed E-state index contributed by atoms with van der Waals surface area (Å²) in [5.74, 6) is 0.879. The van der Waals surface area contributed by atoms with Crippen molar-refractivity contribution >= 4 is 17.6 Å². The van der Waals surface area contributed by atoms with Crippen LogP contribution in [-0.4, -0.2) is 25.5 Å². The number of nitrogens with zero attached hydrogens (tertiary/aromatic N) is 1.